The van der Waals surface area contributed by atoms with Gasteiger partial charge >= 0.3 is 0 Å². The first-order valence-corrected chi connectivity index (χ1v) is 11.9. The van der Waals surface area contributed by atoms with Crippen LogP contribution in [0.5, 0.6) is 0 Å². The standard InChI is InChI=1S/C23H28FN11O2/c24-16-14-15(20(36)27-6-5-25)3-4-17(16)34-11-9-33(10-12-34)8-7-28-22-30-21(26)35-23(31-22)29-19(32-35)18-2-1-13-37-18/h1-4,13-14H,5-12,25H2,(H,27,36)(H3,26,28,29,30,31,32). The number of nitrogen functional groups attached to an aromatic ring is 1. The Bertz CT molecular complexity index is 1370. The molecular weight excluding hydrogens is 481 g/mol. The lowest BCUT2D eigenvalue weighted by atomic mass is 10.1. The molecule has 0 saturated carbocycles. The van der Waals surface area contributed by atoms with Gasteiger partial charge in [0.2, 0.25) is 17.7 Å². The van der Waals surface area contributed by atoms with Gasteiger partial charge in [0, 0.05) is 57.9 Å². The molecule has 4 aromatic rings. The van der Waals surface area contributed by atoms with Crippen LogP contribution in [0.1, 0.15) is 10.4 Å². The Morgan fingerprint density at radius 1 is 1.11 bits per heavy atom. The molecule has 0 atom stereocenters. The molecule has 1 aromatic carbocycles. The maximum Gasteiger partial charge on any atom is 0.259 e. The fourth-order valence-corrected chi connectivity index (χ4v) is 4.13. The molecule has 4 heterocycles. The number of fused-ring (bicyclic) bond motifs is 1. The molecule has 0 unspecified atom stereocenters. The molecule has 1 fully saturated rings. The van der Waals surface area contributed by atoms with Gasteiger partial charge in [-0.2, -0.15) is 19.5 Å². The summed E-state index contributed by atoms with van der Waals surface area (Å²) in [6.07, 6.45) is 1.54. The van der Waals surface area contributed by atoms with E-state index >= 15 is 0 Å². The molecule has 3 aromatic heterocycles. The van der Waals surface area contributed by atoms with Gasteiger partial charge in [0.15, 0.2) is 5.76 Å². The first-order valence-electron chi connectivity index (χ1n) is 11.9. The minimum atomic E-state index is -0.413. The van der Waals surface area contributed by atoms with Gasteiger partial charge in [0.1, 0.15) is 5.82 Å². The molecule has 0 spiro atoms. The summed E-state index contributed by atoms with van der Waals surface area (Å²) in [6, 6.07) is 8.07. The number of nitrogens with one attached hydrogen (secondary N) is 2. The van der Waals surface area contributed by atoms with Gasteiger partial charge in [-0.3, -0.25) is 9.69 Å². The molecule has 0 bridgehead atoms. The van der Waals surface area contributed by atoms with E-state index in [1.807, 2.05) is 4.90 Å². The van der Waals surface area contributed by atoms with E-state index in [0.717, 1.165) is 19.6 Å². The van der Waals surface area contributed by atoms with Gasteiger partial charge < -0.3 is 31.4 Å². The molecule has 1 amide bonds. The van der Waals surface area contributed by atoms with Crippen LogP contribution in [0.15, 0.2) is 41.0 Å². The number of carbonyl (C=O) groups excluding carboxylic acids is 1. The van der Waals surface area contributed by atoms with Crippen LogP contribution < -0.4 is 27.0 Å². The highest BCUT2D eigenvalue weighted by atomic mass is 19.1. The van der Waals surface area contributed by atoms with E-state index in [1.54, 1.807) is 30.5 Å². The Labute approximate surface area is 211 Å². The summed E-state index contributed by atoms with van der Waals surface area (Å²) in [5.41, 5.74) is 12.2. The van der Waals surface area contributed by atoms with E-state index < -0.39 is 5.82 Å². The van der Waals surface area contributed by atoms with Crippen molar-refractivity contribution >= 4 is 29.3 Å². The zero-order chi connectivity index (χ0) is 25.8. The minimum Gasteiger partial charge on any atom is -0.461 e. The third-order valence-electron chi connectivity index (χ3n) is 6.04. The van der Waals surface area contributed by atoms with Crippen molar-refractivity contribution in [3.05, 3.63) is 48.0 Å². The highest BCUT2D eigenvalue weighted by Crippen LogP contribution is 2.22. The molecule has 1 aliphatic heterocycles. The average molecular weight is 510 g/mol. The fraction of sp³-hybridized carbons (Fsp3) is 0.348. The van der Waals surface area contributed by atoms with Gasteiger partial charge in [-0.05, 0) is 30.3 Å². The molecule has 13 nitrogen and oxygen atoms in total. The summed E-state index contributed by atoms with van der Waals surface area (Å²) >= 11 is 0. The van der Waals surface area contributed by atoms with Crippen LogP contribution in [0.4, 0.5) is 22.0 Å². The Balaban J connectivity index is 1.12. The number of rotatable bonds is 9. The number of halogens is 1. The van der Waals surface area contributed by atoms with Gasteiger partial charge in [-0.25, -0.2) is 4.39 Å². The van der Waals surface area contributed by atoms with E-state index in [1.165, 1.54) is 10.6 Å². The van der Waals surface area contributed by atoms with Crippen molar-refractivity contribution in [1.82, 2.24) is 34.8 Å². The molecule has 1 saturated heterocycles. The molecular formula is C23H28FN11O2. The van der Waals surface area contributed by atoms with Crippen molar-refractivity contribution in [2.24, 2.45) is 5.73 Å². The third kappa shape index (κ3) is 5.44. The summed E-state index contributed by atoms with van der Waals surface area (Å²) < 4.78 is 21.4. The number of anilines is 3. The van der Waals surface area contributed by atoms with Crippen molar-refractivity contribution in [3.8, 4) is 11.6 Å². The topological polar surface area (TPSA) is 169 Å². The number of carbonyl (C=O) groups is 1. The number of nitrogens with two attached hydrogens (primary N) is 2. The van der Waals surface area contributed by atoms with Crippen molar-refractivity contribution in [1.29, 1.82) is 0 Å². The summed E-state index contributed by atoms with van der Waals surface area (Å²) in [6.45, 7) is 4.88. The Hall–Kier alpha value is -4.30. The molecule has 194 valence electrons. The third-order valence-corrected chi connectivity index (χ3v) is 6.04. The van der Waals surface area contributed by atoms with Crippen LogP contribution in [0, 0.1) is 5.82 Å². The van der Waals surface area contributed by atoms with Gasteiger partial charge in [-0.15, -0.1) is 5.10 Å². The average Bonchev–Trinajstić information content (AvgIpc) is 3.58. The zero-order valence-electron chi connectivity index (χ0n) is 20.1. The van der Waals surface area contributed by atoms with E-state index in [4.69, 9.17) is 15.9 Å². The normalized spacial score (nSPS) is 14.3. The van der Waals surface area contributed by atoms with Gasteiger partial charge in [-0.1, -0.05) is 0 Å². The molecule has 6 N–H and O–H groups in total. The summed E-state index contributed by atoms with van der Waals surface area (Å²) in [5, 5.41) is 10.1. The molecule has 5 rings (SSSR count). The van der Waals surface area contributed by atoms with Crippen molar-refractivity contribution in [2.45, 2.75) is 0 Å². The molecule has 0 aliphatic carbocycles. The molecule has 0 radical (unpaired) electrons. The maximum absolute atomic E-state index is 14.7. The lowest BCUT2D eigenvalue weighted by Crippen LogP contribution is -2.48. The maximum atomic E-state index is 14.7. The van der Waals surface area contributed by atoms with E-state index in [2.05, 4.69) is 35.6 Å². The van der Waals surface area contributed by atoms with Crippen LogP contribution in [0.3, 0.4) is 0 Å². The first-order chi connectivity index (χ1) is 18.0. The van der Waals surface area contributed by atoms with E-state index in [0.29, 0.717) is 61.7 Å². The quantitative estimate of drug-likeness (QED) is 0.247. The highest BCUT2D eigenvalue weighted by Gasteiger charge is 2.21. The number of piperazine rings is 1. The molecule has 14 heteroatoms. The predicted molar refractivity (Wildman–Crippen MR) is 136 cm³/mol. The van der Waals surface area contributed by atoms with E-state index in [9.17, 15) is 9.18 Å². The second kappa shape index (κ2) is 10.8. The van der Waals surface area contributed by atoms with Crippen LogP contribution in [0.2, 0.25) is 0 Å². The Kier molecular flexibility index (Phi) is 7.09. The lowest BCUT2D eigenvalue weighted by molar-refractivity contribution is 0.0954. The second-order valence-electron chi connectivity index (χ2n) is 8.50. The van der Waals surface area contributed by atoms with Crippen LogP contribution in [0.25, 0.3) is 17.4 Å². The highest BCUT2D eigenvalue weighted by molar-refractivity contribution is 5.94. The van der Waals surface area contributed by atoms with Crippen LogP contribution in [-0.4, -0.2) is 87.7 Å². The molecule has 1 aliphatic rings. The molecule has 37 heavy (non-hydrogen) atoms. The van der Waals surface area contributed by atoms with Crippen molar-refractivity contribution < 1.29 is 13.6 Å². The van der Waals surface area contributed by atoms with E-state index in [-0.39, 0.29) is 17.4 Å². The second-order valence-corrected chi connectivity index (χ2v) is 8.50. The SMILES string of the molecule is NCCNC(=O)c1ccc(N2CCN(CCNc3nc(N)n4nc(-c5ccco5)nc4n3)CC2)c(F)c1. The lowest BCUT2D eigenvalue weighted by Gasteiger charge is -2.36. The van der Waals surface area contributed by atoms with Crippen molar-refractivity contribution in [2.75, 3.05) is 68.3 Å². The Morgan fingerprint density at radius 3 is 2.68 bits per heavy atom. The number of nitrogens with zero attached hydrogens (tertiary/aromatic N) is 7. The number of benzene rings is 1. The smallest absolute Gasteiger partial charge is 0.259 e. The number of furan rings is 1. The number of amides is 1. The Morgan fingerprint density at radius 2 is 1.95 bits per heavy atom. The summed E-state index contributed by atoms with van der Waals surface area (Å²) in [7, 11) is 0. The van der Waals surface area contributed by atoms with Crippen LogP contribution >= 0.6 is 0 Å². The van der Waals surface area contributed by atoms with Crippen molar-refractivity contribution in [3.63, 3.8) is 0 Å². The number of hydrogen-bond acceptors (Lipinski definition) is 11. The monoisotopic (exact) mass is 509 g/mol. The zero-order valence-corrected chi connectivity index (χ0v) is 20.1. The summed E-state index contributed by atoms with van der Waals surface area (Å²) in [4.78, 5) is 29.3. The largest absolute Gasteiger partial charge is 0.461 e. The number of aromatic nitrogens is 5. The number of hydrogen-bond donors (Lipinski definition) is 4. The summed E-state index contributed by atoms with van der Waals surface area (Å²) in [5.74, 6) is 0.990. The fourth-order valence-electron chi connectivity index (χ4n) is 4.13. The van der Waals surface area contributed by atoms with Gasteiger partial charge in [0.05, 0.1) is 12.0 Å². The van der Waals surface area contributed by atoms with Gasteiger partial charge in [0.25, 0.3) is 11.7 Å². The first kappa shape index (κ1) is 24.4. The minimum absolute atomic E-state index is 0.163. The predicted octanol–water partition coefficient (Wildman–Crippen LogP) is 0.423. The van der Waals surface area contributed by atoms with Crippen LogP contribution in [-0.2, 0) is 0 Å².